The number of hydrogen-bond donors (Lipinski definition) is 1. The Hall–Kier alpha value is -4.48. The zero-order valence-corrected chi connectivity index (χ0v) is 18.8. The summed E-state index contributed by atoms with van der Waals surface area (Å²) in [6.07, 6.45) is 6.39. The normalized spacial score (nSPS) is 11.2. The summed E-state index contributed by atoms with van der Waals surface area (Å²) in [7, 11) is 1.71. The highest BCUT2D eigenvalue weighted by atomic mass is 16.2. The number of aromatic nitrogens is 11. The number of nitrogens with zero attached hydrogens (tertiary/aromatic N) is 10. The molecule has 0 amide bonds. The van der Waals surface area contributed by atoms with E-state index in [-0.39, 0.29) is 5.69 Å². The van der Waals surface area contributed by atoms with E-state index < -0.39 is 0 Å². The average Bonchev–Trinajstić information content (AvgIpc) is 3.61. The predicted octanol–water partition coefficient (Wildman–Crippen LogP) is 1.80. The summed E-state index contributed by atoms with van der Waals surface area (Å²) in [5.41, 5.74) is 4.23. The third-order valence-electron chi connectivity index (χ3n) is 5.63. The van der Waals surface area contributed by atoms with Gasteiger partial charge in [-0.25, -0.2) is 14.0 Å². The van der Waals surface area contributed by atoms with Gasteiger partial charge in [-0.2, -0.15) is 5.21 Å². The number of hydrogen-bond acceptors (Lipinski definition) is 8. The van der Waals surface area contributed by atoms with Crippen LogP contribution in [0, 0.1) is 0 Å². The van der Waals surface area contributed by atoms with Crippen molar-refractivity contribution in [1.29, 1.82) is 0 Å². The van der Waals surface area contributed by atoms with Crippen LogP contribution in [0.3, 0.4) is 0 Å². The average molecular weight is 458 g/mol. The van der Waals surface area contributed by atoms with Crippen molar-refractivity contribution in [2.45, 2.75) is 32.7 Å². The molecule has 1 aromatic carbocycles. The van der Waals surface area contributed by atoms with Gasteiger partial charge in [0, 0.05) is 36.3 Å². The molecule has 0 aliphatic rings. The molecule has 4 aromatic heterocycles. The van der Waals surface area contributed by atoms with E-state index in [4.69, 9.17) is 0 Å². The van der Waals surface area contributed by atoms with Crippen LogP contribution in [0.1, 0.15) is 31.2 Å². The van der Waals surface area contributed by atoms with E-state index in [1.54, 1.807) is 17.8 Å². The maximum absolute atomic E-state index is 13.2. The van der Waals surface area contributed by atoms with Gasteiger partial charge in [-0.3, -0.25) is 9.55 Å². The van der Waals surface area contributed by atoms with E-state index in [0.717, 1.165) is 47.3 Å². The van der Waals surface area contributed by atoms with Gasteiger partial charge in [0.15, 0.2) is 0 Å². The third-order valence-corrected chi connectivity index (χ3v) is 5.63. The molecule has 12 nitrogen and oxygen atoms in total. The lowest BCUT2D eigenvalue weighted by Gasteiger charge is -2.09. The van der Waals surface area contributed by atoms with Gasteiger partial charge in [-0.1, -0.05) is 48.8 Å². The number of imidazole rings is 1. The van der Waals surface area contributed by atoms with Gasteiger partial charge in [0.05, 0.1) is 12.2 Å². The van der Waals surface area contributed by atoms with Gasteiger partial charge in [0.1, 0.15) is 0 Å². The maximum atomic E-state index is 13.2. The van der Waals surface area contributed by atoms with Crippen molar-refractivity contribution in [3.8, 4) is 28.5 Å². The second kappa shape index (κ2) is 9.17. The maximum Gasteiger partial charge on any atom is 0.335 e. The molecule has 0 saturated carbocycles. The minimum atomic E-state index is -0.197. The fraction of sp³-hybridized carbons (Fsp3) is 0.273. The monoisotopic (exact) mass is 457 g/mol. The molecule has 0 atom stereocenters. The van der Waals surface area contributed by atoms with Crippen LogP contribution in [-0.2, 0) is 20.0 Å². The van der Waals surface area contributed by atoms with Crippen LogP contribution >= 0.6 is 0 Å². The fourth-order valence-corrected chi connectivity index (χ4v) is 3.87. The van der Waals surface area contributed by atoms with Crippen LogP contribution in [0.5, 0.6) is 0 Å². The van der Waals surface area contributed by atoms with Crippen LogP contribution in [0.15, 0.2) is 53.6 Å². The van der Waals surface area contributed by atoms with Crippen molar-refractivity contribution >= 4 is 0 Å². The van der Waals surface area contributed by atoms with Gasteiger partial charge < -0.3 is 0 Å². The van der Waals surface area contributed by atoms with Crippen LogP contribution in [0.2, 0.25) is 0 Å². The molecule has 5 rings (SSSR count). The molecule has 0 unspecified atom stereocenters. The van der Waals surface area contributed by atoms with E-state index in [0.29, 0.717) is 18.3 Å². The molecule has 172 valence electrons. The molecule has 0 spiro atoms. The van der Waals surface area contributed by atoms with Gasteiger partial charge in [0.25, 0.3) is 5.95 Å². The molecule has 0 saturated heterocycles. The number of unbranched alkanes of at least 4 members (excludes halogenated alkanes) is 1. The number of nitrogens with one attached hydrogen (secondary N) is 1. The smallest absolute Gasteiger partial charge is 0.290 e. The number of pyridine rings is 1. The second-order valence-electron chi connectivity index (χ2n) is 7.88. The lowest BCUT2D eigenvalue weighted by molar-refractivity contribution is 0.651. The van der Waals surface area contributed by atoms with Crippen LogP contribution in [0.4, 0.5) is 0 Å². The molecule has 0 fully saturated rings. The SMILES string of the molecule is CCCCc1cn(-c2nnnn2C)c(=O)n1Cc1ccc(-c2ccccc2-c2nn[nH]n2)cn1. The standard InChI is InChI=1S/C22H23N11O/c1-3-4-7-17-14-33(21-26-29-30-31(21)2)22(34)32(17)13-16-11-10-15(12-23-16)18-8-5-6-9-19(18)20-24-27-28-25-20/h5-6,8-12,14H,3-4,7,13H2,1-2H3,(H,24,25,27,28). The molecular formula is C22H23N11O. The lowest BCUT2D eigenvalue weighted by atomic mass is 10.0. The summed E-state index contributed by atoms with van der Waals surface area (Å²) in [6, 6.07) is 11.7. The minimum Gasteiger partial charge on any atom is -0.290 e. The number of aryl methyl sites for hydroxylation is 2. The first kappa shape index (κ1) is 21.4. The summed E-state index contributed by atoms with van der Waals surface area (Å²) >= 11 is 0. The first-order valence-electron chi connectivity index (χ1n) is 11.0. The fourth-order valence-electron chi connectivity index (χ4n) is 3.87. The van der Waals surface area contributed by atoms with Crippen molar-refractivity contribution in [1.82, 2.24) is 54.9 Å². The number of H-pyrrole nitrogens is 1. The molecule has 4 heterocycles. The topological polar surface area (TPSA) is 138 Å². The zero-order valence-electron chi connectivity index (χ0n) is 18.8. The van der Waals surface area contributed by atoms with E-state index in [2.05, 4.69) is 48.1 Å². The molecule has 0 aliphatic carbocycles. The zero-order chi connectivity index (χ0) is 23.5. The highest BCUT2D eigenvalue weighted by Gasteiger charge is 2.17. The van der Waals surface area contributed by atoms with Gasteiger partial charge in [-0.15, -0.1) is 10.2 Å². The Bertz CT molecular complexity index is 1450. The van der Waals surface area contributed by atoms with Gasteiger partial charge >= 0.3 is 5.69 Å². The molecular weight excluding hydrogens is 434 g/mol. The summed E-state index contributed by atoms with van der Waals surface area (Å²) in [4.78, 5) is 17.9. The van der Waals surface area contributed by atoms with Crippen molar-refractivity contribution in [3.05, 3.63) is 70.7 Å². The number of benzene rings is 1. The van der Waals surface area contributed by atoms with E-state index >= 15 is 0 Å². The molecule has 1 N–H and O–H groups in total. The number of rotatable bonds is 8. The quantitative estimate of drug-likeness (QED) is 0.372. The number of aromatic amines is 1. The highest BCUT2D eigenvalue weighted by Crippen LogP contribution is 2.29. The molecule has 34 heavy (non-hydrogen) atoms. The minimum absolute atomic E-state index is 0.197. The molecule has 0 radical (unpaired) electrons. The Morgan fingerprint density at radius 1 is 1.06 bits per heavy atom. The first-order valence-corrected chi connectivity index (χ1v) is 11.0. The molecule has 5 aromatic rings. The summed E-state index contributed by atoms with van der Waals surface area (Å²) in [5.74, 6) is 0.897. The van der Waals surface area contributed by atoms with E-state index in [9.17, 15) is 4.79 Å². The summed E-state index contributed by atoms with van der Waals surface area (Å²) < 4.78 is 4.70. The Morgan fingerprint density at radius 3 is 2.59 bits per heavy atom. The van der Waals surface area contributed by atoms with E-state index in [1.807, 2.05) is 42.6 Å². The highest BCUT2D eigenvalue weighted by molar-refractivity contribution is 5.79. The summed E-state index contributed by atoms with van der Waals surface area (Å²) in [6.45, 7) is 2.47. The molecule has 12 heteroatoms. The van der Waals surface area contributed by atoms with Crippen LogP contribution in [0.25, 0.3) is 28.5 Å². The second-order valence-corrected chi connectivity index (χ2v) is 7.88. The predicted molar refractivity (Wildman–Crippen MR) is 123 cm³/mol. The Balaban J connectivity index is 1.47. The van der Waals surface area contributed by atoms with Crippen molar-refractivity contribution < 1.29 is 0 Å². The molecule has 0 aliphatic heterocycles. The van der Waals surface area contributed by atoms with Crippen LogP contribution in [-0.4, -0.2) is 54.9 Å². The summed E-state index contributed by atoms with van der Waals surface area (Å²) in [5, 5.41) is 25.8. The van der Waals surface area contributed by atoms with Crippen LogP contribution < -0.4 is 5.69 Å². The first-order chi connectivity index (χ1) is 16.7. The Morgan fingerprint density at radius 2 is 1.91 bits per heavy atom. The largest absolute Gasteiger partial charge is 0.335 e. The van der Waals surface area contributed by atoms with Gasteiger partial charge in [0.2, 0.25) is 5.82 Å². The van der Waals surface area contributed by atoms with Crippen molar-refractivity contribution in [3.63, 3.8) is 0 Å². The Kier molecular flexibility index (Phi) is 5.77. The third kappa shape index (κ3) is 4.00. The van der Waals surface area contributed by atoms with Crippen molar-refractivity contribution in [2.24, 2.45) is 7.05 Å². The van der Waals surface area contributed by atoms with E-state index in [1.165, 1.54) is 9.25 Å². The lowest BCUT2D eigenvalue weighted by Crippen LogP contribution is -2.26. The number of tetrazole rings is 2. The Labute approximate surface area is 194 Å². The van der Waals surface area contributed by atoms with Crippen molar-refractivity contribution in [2.75, 3.05) is 0 Å². The molecule has 0 bridgehead atoms. The van der Waals surface area contributed by atoms with Gasteiger partial charge in [-0.05, 0) is 40.1 Å².